The summed E-state index contributed by atoms with van der Waals surface area (Å²) < 4.78 is 0. The number of phenolic OH excluding ortho intramolecular Hbond substituents is 2. The first-order valence-electron chi connectivity index (χ1n) is 12.3. The van der Waals surface area contributed by atoms with Gasteiger partial charge in [0.25, 0.3) is 0 Å². The Hall–Kier alpha value is -1.46. The predicted octanol–water partition coefficient (Wildman–Crippen LogP) is 7.37. The van der Waals surface area contributed by atoms with E-state index in [0.29, 0.717) is 23.4 Å². The minimum atomic E-state index is -0.180. The molecule has 2 aliphatic rings. The van der Waals surface area contributed by atoms with Gasteiger partial charge in [0.2, 0.25) is 0 Å². The molecule has 2 unspecified atom stereocenters. The number of hydrogen-bond donors (Lipinski definition) is 2. The highest BCUT2D eigenvalue weighted by molar-refractivity contribution is 6.35. The van der Waals surface area contributed by atoms with E-state index in [2.05, 4.69) is 63.5 Å². The van der Waals surface area contributed by atoms with Gasteiger partial charge in [0.15, 0.2) is 0 Å². The van der Waals surface area contributed by atoms with Crippen molar-refractivity contribution in [3.8, 4) is 11.5 Å². The summed E-state index contributed by atoms with van der Waals surface area (Å²) in [6, 6.07) is 8.15. The van der Waals surface area contributed by atoms with Crippen LogP contribution in [-0.2, 0) is 17.4 Å². The van der Waals surface area contributed by atoms with E-state index in [1.165, 1.54) is 12.0 Å². The van der Waals surface area contributed by atoms with Gasteiger partial charge in [-0.25, -0.2) is 0 Å². The van der Waals surface area contributed by atoms with Gasteiger partial charge < -0.3 is 10.2 Å². The standard InChI is InChI=1S/C28H38Cl2N2O2/c1-27(2,3)18-11-17(24(33)22(12-18)28(4,5)6)15-31-16-20-9-7-8-10-32(20)26(31)21-13-19(29)14-23(30)25(21)34/h11-14,20,26,33-34H,7-10,15-16H2,1-6H3. The van der Waals surface area contributed by atoms with Crippen molar-refractivity contribution in [3.63, 3.8) is 0 Å². The molecule has 0 radical (unpaired) electrons. The molecule has 0 amide bonds. The van der Waals surface area contributed by atoms with Crippen LogP contribution in [0.3, 0.4) is 0 Å². The Morgan fingerprint density at radius 3 is 2.26 bits per heavy atom. The van der Waals surface area contributed by atoms with Crippen LogP contribution in [-0.4, -0.2) is 39.1 Å². The smallest absolute Gasteiger partial charge is 0.140 e. The lowest BCUT2D eigenvalue weighted by Crippen LogP contribution is -2.37. The maximum Gasteiger partial charge on any atom is 0.140 e. The number of fused-ring (bicyclic) bond motifs is 1. The summed E-state index contributed by atoms with van der Waals surface area (Å²) in [5.41, 5.74) is 3.63. The van der Waals surface area contributed by atoms with Crippen molar-refractivity contribution in [2.75, 3.05) is 13.1 Å². The summed E-state index contributed by atoms with van der Waals surface area (Å²) in [5, 5.41) is 23.1. The lowest BCUT2D eigenvalue weighted by atomic mass is 9.79. The fourth-order valence-corrected chi connectivity index (χ4v) is 5.98. The van der Waals surface area contributed by atoms with E-state index in [1.54, 1.807) is 6.07 Å². The van der Waals surface area contributed by atoms with Gasteiger partial charge in [-0.15, -0.1) is 0 Å². The highest BCUT2D eigenvalue weighted by Crippen LogP contribution is 2.46. The molecular formula is C28H38Cl2N2O2. The lowest BCUT2D eigenvalue weighted by Gasteiger charge is -2.35. The highest BCUT2D eigenvalue weighted by atomic mass is 35.5. The number of hydrogen-bond acceptors (Lipinski definition) is 4. The van der Waals surface area contributed by atoms with Crippen LogP contribution in [0.5, 0.6) is 11.5 Å². The molecule has 4 rings (SSSR count). The van der Waals surface area contributed by atoms with Gasteiger partial charge in [0.1, 0.15) is 11.5 Å². The van der Waals surface area contributed by atoms with Gasteiger partial charge in [-0.3, -0.25) is 9.80 Å². The van der Waals surface area contributed by atoms with Crippen LogP contribution in [0.25, 0.3) is 0 Å². The van der Waals surface area contributed by atoms with Crippen molar-refractivity contribution in [3.05, 3.63) is 56.6 Å². The average Bonchev–Trinajstić information content (AvgIpc) is 3.08. The first-order chi connectivity index (χ1) is 15.8. The molecule has 0 saturated carbocycles. The molecule has 34 heavy (non-hydrogen) atoms. The van der Waals surface area contributed by atoms with Gasteiger partial charge in [-0.05, 0) is 46.9 Å². The Morgan fingerprint density at radius 2 is 1.62 bits per heavy atom. The number of phenols is 2. The second-order valence-corrected chi connectivity index (χ2v) is 12.9. The van der Waals surface area contributed by atoms with Crippen molar-refractivity contribution < 1.29 is 10.2 Å². The summed E-state index contributed by atoms with van der Waals surface area (Å²) in [4.78, 5) is 4.84. The Labute approximate surface area is 214 Å². The summed E-state index contributed by atoms with van der Waals surface area (Å²) in [6.45, 7) is 15.5. The molecule has 2 heterocycles. The molecule has 2 saturated heterocycles. The largest absolute Gasteiger partial charge is 0.507 e. The van der Waals surface area contributed by atoms with E-state index < -0.39 is 0 Å². The van der Waals surface area contributed by atoms with Crippen molar-refractivity contribution in [1.82, 2.24) is 9.80 Å². The van der Waals surface area contributed by atoms with Crippen molar-refractivity contribution >= 4 is 23.2 Å². The van der Waals surface area contributed by atoms with Crippen molar-refractivity contribution in [2.45, 2.75) is 90.4 Å². The van der Waals surface area contributed by atoms with Crippen LogP contribution in [0.4, 0.5) is 0 Å². The molecule has 0 spiro atoms. The first kappa shape index (κ1) is 25.6. The van der Waals surface area contributed by atoms with Crippen LogP contribution >= 0.6 is 23.2 Å². The zero-order valence-electron chi connectivity index (χ0n) is 21.3. The Balaban J connectivity index is 1.81. The molecule has 2 aromatic rings. The SMILES string of the molecule is CC(C)(C)c1cc(CN2CC3CCCCN3C2c2cc(Cl)cc(Cl)c2O)c(O)c(C(C)(C)C)c1. The second-order valence-electron chi connectivity index (χ2n) is 12.0. The van der Waals surface area contributed by atoms with Crippen molar-refractivity contribution in [1.29, 1.82) is 0 Å². The molecule has 186 valence electrons. The van der Waals surface area contributed by atoms with E-state index in [1.807, 2.05) is 6.07 Å². The minimum absolute atomic E-state index is 0.0386. The average molecular weight is 506 g/mol. The van der Waals surface area contributed by atoms with Gasteiger partial charge in [0, 0.05) is 41.8 Å². The van der Waals surface area contributed by atoms with Gasteiger partial charge in [-0.1, -0.05) is 83.3 Å². The van der Waals surface area contributed by atoms with Crippen LogP contribution in [0.15, 0.2) is 24.3 Å². The van der Waals surface area contributed by atoms with Gasteiger partial charge >= 0.3 is 0 Å². The Bertz CT molecular complexity index is 1070. The second kappa shape index (κ2) is 9.20. The summed E-state index contributed by atoms with van der Waals surface area (Å²) in [7, 11) is 0. The molecule has 4 nitrogen and oxygen atoms in total. The molecule has 2 fully saturated rings. The third kappa shape index (κ3) is 4.93. The zero-order chi connectivity index (χ0) is 25.0. The Kier molecular flexibility index (Phi) is 6.94. The number of nitrogens with zero attached hydrogens (tertiary/aromatic N) is 2. The normalized spacial score (nSPS) is 22.2. The molecule has 2 aliphatic heterocycles. The molecule has 0 bridgehead atoms. The van der Waals surface area contributed by atoms with Crippen molar-refractivity contribution in [2.24, 2.45) is 0 Å². The lowest BCUT2D eigenvalue weighted by molar-refractivity contribution is 0.0950. The van der Waals surface area contributed by atoms with Crippen LogP contribution < -0.4 is 0 Å². The fourth-order valence-electron chi connectivity index (χ4n) is 5.47. The summed E-state index contributed by atoms with van der Waals surface area (Å²) >= 11 is 12.7. The highest BCUT2D eigenvalue weighted by Gasteiger charge is 2.43. The van der Waals surface area contributed by atoms with E-state index in [0.717, 1.165) is 42.6 Å². The Morgan fingerprint density at radius 1 is 0.912 bits per heavy atom. The van der Waals surface area contributed by atoms with E-state index in [-0.39, 0.29) is 27.8 Å². The van der Waals surface area contributed by atoms with E-state index in [4.69, 9.17) is 23.2 Å². The van der Waals surface area contributed by atoms with Crippen LogP contribution in [0.1, 0.15) is 89.2 Å². The molecule has 2 atom stereocenters. The third-order valence-corrected chi connectivity index (χ3v) is 7.86. The minimum Gasteiger partial charge on any atom is -0.507 e. The topological polar surface area (TPSA) is 46.9 Å². The quantitative estimate of drug-likeness (QED) is 0.457. The van der Waals surface area contributed by atoms with E-state index >= 15 is 0 Å². The zero-order valence-corrected chi connectivity index (χ0v) is 22.8. The van der Waals surface area contributed by atoms with Gasteiger partial charge in [0.05, 0.1) is 11.2 Å². The van der Waals surface area contributed by atoms with Crippen LogP contribution in [0, 0.1) is 0 Å². The molecule has 2 N–H and O–H groups in total. The number of rotatable bonds is 3. The molecule has 0 aromatic heterocycles. The maximum atomic E-state index is 11.4. The molecule has 2 aromatic carbocycles. The number of piperidine rings is 1. The third-order valence-electron chi connectivity index (χ3n) is 7.35. The predicted molar refractivity (Wildman–Crippen MR) is 141 cm³/mol. The number of halogens is 2. The maximum absolute atomic E-state index is 11.4. The fraction of sp³-hybridized carbons (Fsp3) is 0.571. The molecule has 0 aliphatic carbocycles. The summed E-state index contributed by atoms with van der Waals surface area (Å²) in [5.74, 6) is 0.466. The number of aromatic hydroxyl groups is 2. The monoisotopic (exact) mass is 504 g/mol. The first-order valence-corrected chi connectivity index (χ1v) is 13.1. The number of benzene rings is 2. The molecule has 6 heteroatoms. The van der Waals surface area contributed by atoms with Gasteiger partial charge in [-0.2, -0.15) is 0 Å². The molecular weight excluding hydrogens is 467 g/mol. The van der Waals surface area contributed by atoms with E-state index in [9.17, 15) is 10.2 Å². The summed E-state index contributed by atoms with van der Waals surface area (Å²) in [6.07, 6.45) is 3.33. The van der Waals surface area contributed by atoms with Crippen LogP contribution in [0.2, 0.25) is 10.0 Å².